The molecule has 0 bridgehead atoms. The van der Waals surface area contributed by atoms with Crippen LogP contribution in [0.1, 0.15) is 5.82 Å². The summed E-state index contributed by atoms with van der Waals surface area (Å²) in [5.74, 6) is 1.36. The fraction of sp³-hybridized carbons (Fsp3) is 0.100. The average molecular weight is 215 g/mol. The Labute approximate surface area is 92.0 Å². The maximum absolute atomic E-state index is 5.14. The summed E-state index contributed by atoms with van der Waals surface area (Å²) in [6.45, 7) is 3.53. The SMILES string of the molecule is C=Cc1nnc(-c2ccncc2OC)nn1. The first-order valence-corrected chi connectivity index (χ1v) is 4.53. The van der Waals surface area contributed by atoms with Crippen molar-refractivity contribution in [2.75, 3.05) is 7.11 Å². The Bertz CT molecular complexity index is 497. The molecule has 0 aliphatic heterocycles. The molecule has 2 aromatic rings. The van der Waals surface area contributed by atoms with E-state index in [0.717, 1.165) is 0 Å². The Morgan fingerprint density at radius 3 is 2.62 bits per heavy atom. The summed E-state index contributed by atoms with van der Waals surface area (Å²) in [7, 11) is 1.56. The lowest BCUT2D eigenvalue weighted by atomic mass is 10.2. The Hall–Kier alpha value is -2.37. The molecule has 0 saturated carbocycles. The molecule has 80 valence electrons. The van der Waals surface area contributed by atoms with E-state index in [1.54, 1.807) is 25.6 Å². The highest BCUT2D eigenvalue weighted by molar-refractivity contribution is 5.62. The third-order valence-corrected chi connectivity index (χ3v) is 1.92. The zero-order chi connectivity index (χ0) is 11.4. The molecular formula is C10H9N5O. The van der Waals surface area contributed by atoms with Gasteiger partial charge in [-0.3, -0.25) is 4.98 Å². The Balaban J connectivity index is 2.45. The van der Waals surface area contributed by atoms with Crippen LogP contribution in [0.4, 0.5) is 0 Å². The lowest BCUT2D eigenvalue weighted by molar-refractivity contribution is 0.414. The minimum atomic E-state index is 0.386. The highest BCUT2D eigenvalue weighted by Crippen LogP contribution is 2.24. The van der Waals surface area contributed by atoms with Crippen molar-refractivity contribution in [1.82, 2.24) is 25.4 Å². The van der Waals surface area contributed by atoms with Crippen LogP contribution in [0.15, 0.2) is 25.0 Å². The Kier molecular flexibility index (Phi) is 2.81. The van der Waals surface area contributed by atoms with Gasteiger partial charge >= 0.3 is 0 Å². The summed E-state index contributed by atoms with van der Waals surface area (Å²) in [4.78, 5) is 3.94. The van der Waals surface area contributed by atoms with Gasteiger partial charge in [0.2, 0.25) is 5.82 Å². The first-order chi connectivity index (χ1) is 7.85. The van der Waals surface area contributed by atoms with Gasteiger partial charge in [0.15, 0.2) is 5.82 Å². The van der Waals surface area contributed by atoms with Gasteiger partial charge in [-0.05, 0) is 12.1 Å². The van der Waals surface area contributed by atoms with Gasteiger partial charge in [0, 0.05) is 6.20 Å². The lowest BCUT2D eigenvalue weighted by Gasteiger charge is -2.04. The third-order valence-electron chi connectivity index (χ3n) is 1.92. The van der Waals surface area contributed by atoms with Gasteiger partial charge in [-0.2, -0.15) is 0 Å². The number of aromatic nitrogens is 5. The van der Waals surface area contributed by atoms with Crippen LogP contribution in [0.2, 0.25) is 0 Å². The van der Waals surface area contributed by atoms with Crippen LogP contribution >= 0.6 is 0 Å². The van der Waals surface area contributed by atoms with E-state index in [1.165, 1.54) is 6.08 Å². The minimum absolute atomic E-state index is 0.386. The van der Waals surface area contributed by atoms with Crippen molar-refractivity contribution < 1.29 is 4.74 Å². The molecule has 2 rings (SSSR count). The molecule has 16 heavy (non-hydrogen) atoms. The lowest BCUT2D eigenvalue weighted by Crippen LogP contribution is -2.00. The summed E-state index contributed by atoms with van der Waals surface area (Å²) in [6.07, 6.45) is 4.69. The zero-order valence-electron chi connectivity index (χ0n) is 8.66. The first-order valence-electron chi connectivity index (χ1n) is 4.53. The van der Waals surface area contributed by atoms with E-state index in [2.05, 4.69) is 32.0 Å². The highest BCUT2D eigenvalue weighted by Gasteiger charge is 2.09. The monoisotopic (exact) mass is 215 g/mol. The standard InChI is InChI=1S/C10H9N5O/c1-3-9-12-14-10(15-13-9)7-4-5-11-6-8(7)16-2/h3-6H,1H2,2H3. The second-order valence-electron chi connectivity index (χ2n) is 2.86. The summed E-state index contributed by atoms with van der Waals surface area (Å²) in [5, 5.41) is 15.5. The summed E-state index contributed by atoms with van der Waals surface area (Å²) in [5.41, 5.74) is 0.702. The van der Waals surface area contributed by atoms with E-state index >= 15 is 0 Å². The van der Waals surface area contributed by atoms with Gasteiger partial charge in [-0.1, -0.05) is 6.58 Å². The third kappa shape index (κ3) is 1.85. The molecule has 0 aliphatic rings. The molecule has 0 atom stereocenters. The van der Waals surface area contributed by atoms with Crippen LogP contribution in [-0.2, 0) is 0 Å². The minimum Gasteiger partial charge on any atom is -0.494 e. The maximum atomic E-state index is 5.14. The molecule has 0 radical (unpaired) electrons. The van der Waals surface area contributed by atoms with Crippen molar-refractivity contribution in [2.24, 2.45) is 0 Å². The molecule has 0 amide bonds. The topological polar surface area (TPSA) is 73.7 Å². The molecule has 0 fully saturated rings. The van der Waals surface area contributed by atoms with Crippen LogP contribution in [0.25, 0.3) is 17.5 Å². The Morgan fingerprint density at radius 2 is 2.00 bits per heavy atom. The summed E-state index contributed by atoms with van der Waals surface area (Å²) >= 11 is 0. The van der Waals surface area contributed by atoms with E-state index in [-0.39, 0.29) is 0 Å². The summed E-state index contributed by atoms with van der Waals surface area (Å²) in [6, 6.07) is 1.74. The average Bonchev–Trinajstić information content (AvgIpc) is 2.39. The van der Waals surface area contributed by atoms with Crippen molar-refractivity contribution in [3.63, 3.8) is 0 Å². The maximum Gasteiger partial charge on any atom is 0.207 e. The fourth-order valence-electron chi connectivity index (χ4n) is 1.15. The fourth-order valence-corrected chi connectivity index (χ4v) is 1.15. The largest absolute Gasteiger partial charge is 0.494 e. The molecule has 0 spiro atoms. The number of nitrogens with zero attached hydrogens (tertiary/aromatic N) is 5. The van der Waals surface area contributed by atoms with Gasteiger partial charge < -0.3 is 4.74 Å². The van der Waals surface area contributed by atoms with Gasteiger partial charge in [0.25, 0.3) is 0 Å². The highest BCUT2D eigenvalue weighted by atomic mass is 16.5. The van der Waals surface area contributed by atoms with Crippen molar-refractivity contribution in [3.8, 4) is 17.1 Å². The van der Waals surface area contributed by atoms with Crippen LogP contribution in [0.5, 0.6) is 5.75 Å². The number of methoxy groups -OCH3 is 1. The number of ether oxygens (including phenoxy) is 1. The van der Waals surface area contributed by atoms with E-state index in [4.69, 9.17) is 4.74 Å². The van der Waals surface area contributed by atoms with Crippen LogP contribution in [-0.4, -0.2) is 32.5 Å². The number of hydrogen-bond acceptors (Lipinski definition) is 6. The molecular weight excluding hydrogens is 206 g/mol. The van der Waals surface area contributed by atoms with Crippen molar-refractivity contribution in [2.45, 2.75) is 0 Å². The van der Waals surface area contributed by atoms with Crippen molar-refractivity contribution >= 4 is 6.08 Å². The smallest absolute Gasteiger partial charge is 0.207 e. The quantitative estimate of drug-likeness (QED) is 0.759. The van der Waals surface area contributed by atoms with E-state index < -0.39 is 0 Å². The Morgan fingerprint density at radius 1 is 1.25 bits per heavy atom. The predicted molar refractivity (Wildman–Crippen MR) is 57.5 cm³/mol. The zero-order valence-corrected chi connectivity index (χ0v) is 8.66. The predicted octanol–water partition coefficient (Wildman–Crippen LogP) is 0.980. The molecule has 6 heteroatoms. The number of pyridine rings is 1. The molecule has 0 aromatic carbocycles. The van der Waals surface area contributed by atoms with Crippen LogP contribution < -0.4 is 4.74 Å². The van der Waals surface area contributed by atoms with Crippen LogP contribution in [0, 0.1) is 0 Å². The van der Waals surface area contributed by atoms with Gasteiger partial charge in [-0.15, -0.1) is 20.4 Å². The van der Waals surface area contributed by atoms with Crippen molar-refractivity contribution in [3.05, 3.63) is 30.9 Å². The molecule has 6 nitrogen and oxygen atoms in total. The molecule has 2 aromatic heterocycles. The molecule has 0 N–H and O–H groups in total. The van der Waals surface area contributed by atoms with Crippen molar-refractivity contribution in [1.29, 1.82) is 0 Å². The van der Waals surface area contributed by atoms with E-state index in [9.17, 15) is 0 Å². The molecule has 0 aliphatic carbocycles. The van der Waals surface area contributed by atoms with E-state index in [0.29, 0.717) is 23.0 Å². The van der Waals surface area contributed by atoms with Gasteiger partial charge in [0.05, 0.1) is 18.9 Å². The van der Waals surface area contributed by atoms with E-state index in [1.807, 2.05) is 0 Å². The molecule has 0 unspecified atom stereocenters. The first kappa shape index (κ1) is 10.2. The molecule has 2 heterocycles. The van der Waals surface area contributed by atoms with Crippen LogP contribution in [0.3, 0.4) is 0 Å². The second-order valence-corrected chi connectivity index (χ2v) is 2.86. The number of rotatable bonds is 3. The van der Waals surface area contributed by atoms with Gasteiger partial charge in [-0.25, -0.2) is 0 Å². The molecule has 0 saturated heterocycles. The summed E-state index contributed by atoms with van der Waals surface area (Å²) < 4.78 is 5.14. The van der Waals surface area contributed by atoms with Gasteiger partial charge in [0.1, 0.15) is 5.75 Å². The second kappa shape index (κ2) is 4.43. The number of hydrogen-bond donors (Lipinski definition) is 0. The normalized spacial score (nSPS) is 9.81.